The van der Waals surface area contributed by atoms with Crippen LogP contribution in [0.25, 0.3) is 0 Å². The number of benzene rings is 1. The first-order chi connectivity index (χ1) is 8.10. The zero-order chi connectivity index (χ0) is 12.5. The Balaban J connectivity index is 2.45. The summed E-state index contributed by atoms with van der Waals surface area (Å²) >= 11 is 0. The molecule has 17 heavy (non-hydrogen) atoms. The molecule has 1 aromatic rings. The molecular formula is C10H12N4O3. The number of aliphatic hydroxyl groups is 1. The molecule has 1 aliphatic heterocycles. The molecule has 0 bridgehead atoms. The van der Waals surface area contributed by atoms with Gasteiger partial charge in [-0.25, -0.2) is 0 Å². The molecule has 0 aromatic heterocycles. The monoisotopic (exact) mass is 236 g/mol. The molecule has 7 nitrogen and oxygen atoms in total. The van der Waals surface area contributed by atoms with Crippen LogP contribution in [0.2, 0.25) is 0 Å². The number of hydrogen-bond acceptors (Lipinski definition) is 6. The second kappa shape index (κ2) is 4.04. The third-order valence-corrected chi connectivity index (χ3v) is 2.42. The number of nitrogens with one attached hydrogen (secondary N) is 1. The SMILES string of the molecule is CC1(O)NN(c2ccccc2)C(=N/O)/C1=N\O. The molecule has 1 atom stereocenters. The van der Waals surface area contributed by atoms with Crippen LogP contribution in [-0.4, -0.2) is 32.8 Å². The highest BCUT2D eigenvalue weighted by atomic mass is 16.4. The summed E-state index contributed by atoms with van der Waals surface area (Å²) in [5, 5.41) is 35.0. The Morgan fingerprint density at radius 2 is 1.82 bits per heavy atom. The fourth-order valence-electron chi connectivity index (χ4n) is 1.65. The quantitative estimate of drug-likeness (QED) is 0.416. The van der Waals surface area contributed by atoms with E-state index in [4.69, 9.17) is 10.4 Å². The van der Waals surface area contributed by atoms with E-state index in [1.54, 1.807) is 24.3 Å². The summed E-state index contributed by atoms with van der Waals surface area (Å²) < 4.78 is 0. The molecule has 1 saturated heterocycles. The molecule has 1 heterocycles. The number of amidine groups is 1. The van der Waals surface area contributed by atoms with Gasteiger partial charge in [-0.15, -0.1) is 0 Å². The van der Waals surface area contributed by atoms with Crippen LogP contribution < -0.4 is 10.4 Å². The Morgan fingerprint density at radius 1 is 1.18 bits per heavy atom. The topological polar surface area (TPSA) is 101 Å². The molecule has 2 rings (SSSR count). The summed E-state index contributed by atoms with van der Waals surface area (Å²) in [7, 11) is 0. The van der Waals surface area contributed by atoms with E-state index in [0.717, 1.165) is 0 Å². The summed E-state index contributed by atoms with van der Waals surface area (Å²) in [5.41, 5.74) is 1.53. The summed E-state index contributed by atoms with van der Waals surface area (Å²) in [6, 6.07) is 8.89. The lowest BCUT2D eigenvalue weighted by Gasteiger charge is -2.20. The van der Waals surface area contributed by atoms with Crippen molar-refractivity contribution in [3.05, 3.63) is 30.3 Å². The highest BCUT2D eigenvalue weighted by molar-refractivity contribution is 6.50. The fraction of sp³-hybridized carbons (Fsp3) is 0.200. The van der Waals surface area contributed by atoms with Gasteiger partial charge in [0.15, 0.2) is 11.4 Å². The number of anilines is 1. The van der Waals surface area contributed by atoms with Crippen molar-refractivity contribution < 1.29 is 15.5 Å². The first-order valence-electron chi connectivity index (χ1n) is 4.90. The van der Waals surface area contributed by atoms with Gasteiger partial charge in [0.1, 0.15) is 0 Å². The molecule has 1 aliphatic rings. The number of hydrazine groups is 1. The molecule has 0 spiro atoms. The Hall–Kier alpha value is -2.12. The van der Waals surface area contributed by atoms with Gasteiger partial charge in [0.05, 0.1) is 5.69 Å². The van der Waals surface area contributed by atoms with Gasteiger partial charge in [0, 0.05) is 0 Å². The second-order valence-corrected chi connectivity index (χ2v) is 3.73. The number of para-hydroxylation sites is 1. The minimum absolute atomic E-state index is 0.0660. The maximum Gasteiger partial charge on any atom is 0.216 e. The van der Waals surface area contributed by atoms with Crippen LogP contribution in [0, 0.1) is 0 Å². The lowest BCUT2D eigenvalue weighted by Crippen LogP contribution is -2.46. The molecular weight excluding hydrogens is 224 g/mol. The zero-order valence-electron chi connectivity index (χ0n) is 9.07. The average molecular weight is 236 g/mol. The van der Waals surface area contributed by atoms with Crippen LogP contribution in [0.1, 0.15) is 6.92 Å². The van der Waals surface area contributed by atoms with Crippen molar-refractivity contribution in [3.8, 4) is 0 Å². The van der Waals surface area contributed by atoms with Crippen LogP contribution >= 0.6 is 0 Å². The minimum Gasteiger partial charge on any atom is -0.410 e. The molecule has 1 unspecified atom stereocenters. The lowest BCUT2D eigenvalue weighted by molar-refractivity contribution is 0.102. The van der Waals surface area contributed by atoms with E-state index < -0.39 is 5.72 Å². The normalized spacial score (nSPS) is 29.2. The van der Waals surface area contributed by atoms with Gasteiger partial charge in [-0.05, 0) is 19.1 Å². The first kappa shape index (κ1) is 11.4. The zero-order valence-corrected chi connectivity index (χ0v) is 9.07. The Bertz CT molecular complexity index is 470. The molecule has 0 aliphatic carbocycles. The summed E-state index contributed by atoms with van der Waals surface area (Å²) in [6.07, 6.45) is 0. The summed E-state index contributed by atoms with van der Waals surface area (Å²) in [4.78, 5) is 0. The van der Waals surface area contributed by atoms with Crippen molar-refractivity contribution >= 4 is 17.2 Å². The van der Waals surface area contributed by atoms with Gasteiger partial charge >= 0.3 is 0 Å². The van der Waals surface area contributed by atoms with Crippen LogP contribution in [0.15, 0.2) is 40.6 Å². The van der Waals surface area contributed by atoms with Gasteiger partial charge in [0.25, 0.3) is 0 Å². The van der Waals surface area contributed by atoms with Crippen LogP contribution in [0.5, 0.6) is 0 Å². The second-order valence-electron chi connectivity index (χ2n) is 3.73. The predicted octanol–water partition coefficient (Wildman–Crippen LogP) is 0.338. The first-order valence-corrected chi connectivity index (χ1v) is 4.90. The highest BCUT2D eigenvalue weighted by Gasteiger charge is 2.45. The van der Waals surface area contributed by atoms with E-state index >= 15 is 0 Å². The molecule has 1 fully saturated rings. The van der Waals surface area contributed by atoms with Gasteiger partial charge in [-0.3, -0.25) is 5.01 Å². The largest absolute Gasteiger partial charge is 0.410 e. The van der Waals surface area contributed by atoms with Crippen molar-refractivity contribution in [2.75, 3.05) is 5.01 Å². The van der Waals surface area contributed by atoms with Crippen molar-refractivity contribution in [1.82, 2.24) is 5.43 Å². The third-order valence-electron chi connectivity index (χ3n) is 2.42. The Kier molecular flexibility index (Phi) is 2.70. The molecule has 0 saturated carbocycles. The van der Waals surface area contributed by atoms with Gasteiger partial charge < -0.3 is 15.5 Å². The minimum atomic E-state index is -1.61. The molecule has 7 heteroatoms. The predicted molar refractivity (Wildman–Crippen MR) is 61.1 cm³/mol. The Morgan fingerprint density at radius 3 is 2.35 bits per heavy atom. The average Bonchev–Trinajstić information content (AvgIpc) is 2.60. The number of rotatable bonds is 1. The maximum absolute atomic E-state index is 9.95. The van der Waals surface area contributed by atoms with Crippen LogP contribution in [-0.2, 0) is 0 Å². The number of nitrogens with zero attached hydrogens (tertiary/aromatic N) is 3. The fourth-order valence-corrected chi connectivity index (χ4v) is 1.65. The summed E-state index contributed by atoms with van der Waals surface area (Å²) in [5.74, 6) is -0.0660. The smallest absolute Gasteiger partial charge is 0.216 e. The van der Waals surface area contributed by atoms with Gasteiger partial charge in [-0.1, -0.05) is 28.5 Å². The molecule has 1 aromatic carbocycles. The van der Waals surface area contributed by atoms with E-state index in [2.05, 4.69) is 15.7 Å². The number of hydrogen-bond donors (Lipinski definition) is 4. The molecule has 4 N–H and O–H groups in total. The Labute approximate surface area is 97.2 Å². The van der Waals surface area contributed by atoms with Crippen molar-refractivity contribution in [2.24, 2.45) is 10.3 Å². The van der Waals surface area contributed by atoms with Crippen molar-refractivity contribution in [2.45, 2.75) is 12.6 Å². The van der Waals surface area contributed by atoms with Crippen molar-refractivity contribution in [3.63, 3.8) is 0 Å². The summed E-state index contributed by atoms with van der Waals surface area (Å²) in [6.45, 7) is 1.39. The van der Waals surface area contributed by atoms with E-state index in [1.165, 1.54) is 11.9 Å². The van der Waals surface area contributed by atoms with Crippen LogP contribution in [0.4, 0.5) is 5.69 Å². The van der Waals surface area contributed by atoms with E-state index in [9.17, 15) is 5.11 Å². The molecule has 0 radical (unpaired) electrons. The van der Waals surface area contributed by atoms with Crippen LogP contribution in [0.3, 0.4) is 0 Å². The lowest BCUT2D eigenvalue weighted by atomic mass is 10.1. The van der Waals surface area contributed by atoms with E-state index in [0.29, 0.717) is 5.69 Å². The standard InChI is InChI=1S/C10H12N4O3/c1-10(15)8(11-16)9(12-17)14(13-10)7-5-3-2-4-6-7/h2-6,13,15-17H,1H3/b11-8+,12-9+. The van der Waals surface area contributed by atoms with E-state index in [1.807, 2.05) is 6.07 Å². The third kappa shape index (κ3) is 1.81. The maximum atomic E-state index is 9.95. The molecule has 0 amide bonds. The highest BCUT2D eigenvalue weighted by Crippen LogP contribution is 2.22. The number of oxime groups is 2. The van der Waals surface area contributed by atoms with Gasteiger partial charge in [0.2, 0.25) is 5.84 Å². The van der Waals surface area contributed by atoms with Gasteiger partial charge in [-0.2, -0.15) is 5.43 Å². The molecule has 90 valence electrons. The van der Waals surface area contributed by atoms with E-state index in [-0.39, 0.29) is 11.5 Å². The van der Waals surface area contributed by atoms with Crippen molar-refractivity contribution in [1.29, 1.82) is 0 Å².